The number of anilines is 3. The van der Waals surface area contributed by atoms with Gasteiger partial charge in [0.15, 0.2) is 11.6 Å². The predicted octanol–water partition coefficient (Wildman–Crippen LogP) is 3.85. The van der Waals surface area contributed by atoms with Crippen LogP contribution in [-0.4, -0.2) is 24.5 Å². The fourth-order valence-corrected chi connectivity index (χ4v) is 4.66. The van der Waals surface area contributed by atoms with Gasteiger partial charge in [-0.15, -0.1) is 0 Å². The molecule has 8 heteroatoms. The maximum absolute atomic E-state index is 13.3. The average Bonchev–Trinajstić information content (AvgIpc) is 2.77. The van der Waals surface area contributed by atoms with Gasteiger partial charge in [-0.1, -0.05) is 54.6 Å². The minimum absolute atomic E-state index is 0.0201. The first-order valence-corrected chi connectivity index (χ1v) is 11.0. The summed E-state index contributed by atoms with van der Waals surface area (Å²) in [5, 5.41) is 4.91. The van der Waals surface area contributed by atoms with E-state index in [4.69, 9.17) is 5.73 Å². The number of nitrogens with two attached hydrogens (primary N) is 1. The van der Waals surface area contributed by atoms with E-state index in [1.165, 1.54) is 12.1 Å². The first kappa shape index (κ1) is 19.9. The van der Waals surface area contributed by atoms with Gasteiger partial charge in [0, 0.05) is 16.8 Å². The lowest BCUT2D eigenvalue weighted by molar-refractivity contribution is 0.0980. The van der Waals surface area contributed by atoms with Crippen LogP contribution in [0.25, 0.3) is 10.8 Å². The topological polar surface area (TPSA) is 129 Å². The lowest BCUT2D eigenvalue weighted by Crippen LogP contribution is -2.25. The molecule has 0 spiro atoms. The van der Waals surface area contributed by atoms with Gasteiger partial charge in [-0.2, -0.15) is 0 Å². The van der Waals surface area contributed by atoms with Crippen molar-refractivity contribution in [2.45, 2.75) is 4.90 Å². The third-order valence-corrected chi connectivity index (χ3v) is 6.37. The number of fused-ring (bicyclic) bond motifs is 3. The molecular formula is C24H15N2O5S-. The maximum atomic E-state index is 13.3. The smallest absolute Gasteiger partial charge is 0.196 e. The van der Waals surface area contributed by atoms with Gasteiger partial charge < -0.3 is 15.6 Å². The molecule has 0 saturated carbocycles. The SMILES string of the molecule is Nc1c(S(=O)(=O)[O-])cc(Nc2ccc3ccccc3c2)c2c1C(=O)c1ccccc1C2=O. The molecule has 0 atom stereocenters. The zero-order valence-electron chi connectivity index (χ0n) is 16.5. The van der Waals surface area contributed by atoms with Gasteiger partial charge in [0.2, 0.25) is 0 Å². The van der Waals surface area contributed by atoms with Crippen LogP contribution in [0.2, 0.25) is 0 Å². The van der Waals surface area contributed by atoms with Crippen molar-refractivity contribution in [3.8, 4) is 0 Å². The van der Waals surface area contributed by atoms with E-state index in [1.54, 1.807) is 18.2 Å². The highest BCUT2D eigenvalue weighted by molar-refractivity contribution is 7.86. The Kier molecular flexibility index (Phi) is 4.37. The third kappa shape index (κ3) is 3.05. The number of nitrogen functional groups attached to an aromatic ring is 1. The van der Waals surface area contributed by atoms with E-state index >= 15 is 0 Å². The van der Waals surface area contributed by atoms with Crippen molar-refractivity contribution in [1.29, 1.82) is 0 Å². The van der Waals surface area contributed by atoms with Crippen LogP contribution in [0.5, 0.6) is 0 Å². The summed E-state index contributed by atoms with van der Waals surface area (Å²) in [5.41, 5.74) is 5.94. The van der Waals surface area contributed by atoms with Crippen molar-refractivity contribution < 1.29 is 22.6 Å². The largest absolute Gasteiger partial charge is 0.744 e. The second-order valence-corrected chi connectivity index (χ2v) is 8.78. The number of rotatable bonds is 3. The van der Waals surface area contributed by atoms with E-state index in [-0.39, 0.29) is 27.9 Å². The van der Waals surface area contributed by atoms with Gasteiger partial charge in [0.25, 0.3) is 0 Å². The van der Waals surface area contributed by atoms with Crippen LogP contribution >= 0.6 is 0 Å². The highest BCUT2D eigenvalue weighted by atomic mass is 32.2. The van der Waals surface area contributed by atoms with Crippen molar-refractivity contribution in [2.24, 2.45) is 0 Å². The van der Waals surface area contributed by atoms with Crippen LogP contribution in [0, 0.1) is 0 Å². The van der Waals surface area contributed by atoms with Gasteiger partial charge in [0.1, 0.15) is 10.1 Å². The molecule has 32 heavy (non-hydrogen) atoms. The molecule has 0 amide bonds. The lowest BCUT2D eigenvalue weighted by atomic mass is 9.82. The Hall–Kier alpha value is -4.01. The normalized spacial score (nSPS) is 13.0. The molecule has 0 aliphatic heterocycles. The van der Waals surface area contributed by atoms with Crippen LogP contribution in [0.4, 0.5) is 17.1 Å². The summed E-state index contributed by atoms with van der Waals surface area (Å²) in [7, 11) is -5.01. The van der Waals surface area contributed by atoms with Gasteiger partial charge >= 0.3 is 0 Å². The Bertz CT molecular complexity index is 1580. The van der Waals surface area contributed by atoms with E-state index < -0.39 is 32.3 Å². The van der Waals surface area contributed by atoms with Crippen LogP contribution < -0.4 is 11.1 Å². The van der Waals surface area contributed by atoms with E-state index in [2.05, 4.69) is 5.32 Å². The van der Waals surface area contributed by atoms with Gasteiger partial charge in [-0.3, -0.25) is 9.59 Å². The zero-order chi connectivity index (χ0) is 22.6. The fourth-order valence-electron chi connectivity index (χ4n) is 4.02. The summed E-state index contributed by atoms with van der Waals surface area (Å²) in [6.45, 7) is 0. The molecule has 7 nitrogen and oxygen atoms in total. The molecule has 4 aromatic rings. The molecule has 0 aromatic heterocycles. The number of benzene rings is 4. The number of carbonyl (C=O) groups is 2. The summed E-state index contributed by atoms with van der Waals surface area (Å²) in [4.78, 5) is 25.7. The fraction of sp³-hybridized carbons (Fsp3) is 0. The zero-order valence-corrected chi connectivity index (χ0v) is 17.3. The number of ketones is 2. The number of hydrogen-bond donors (Lipinski definition) is 2. The molecule has 4 aromatic carbocycles. The van der Waals surface area contributed by atoms with Gasteiger partial charge in [0.05, 0.1) is 27.4 Å². The van der Waals surface area contributed by atoms with Gasteiger partial charge in [-0.25, -0.2) is 8.42 Å². The van der Waals surface area contributed by atoms with E-state index in [1.807, 2.05) is 36.4 Å². The first-order valence-electron chi connectivity index (χ1n) is 9.62. The quantitative estimate of drug-likeness (QED) is 0.320. The minimum Gasteiger partial charge on any atom is -0.744 e. The van der Waals surface area contributed by atoms with Crippen LogP contribution in [0.3, 0.4) is 0 Å². The summed E-state index contributed by atoms with van der Waals surface area (Å²) >= 11 is 0. The Balaban J connectivity index is 1.77. The van der Waals surface area contributed by atoms with Crippen molar-refractivity contribution in [3.63, 3.8) is 0 Å². The highest BCUT2D eigenvalue weighted by Gasteiger charge is 2.35. The van der Waals surface area contributed by atoms with Crippen LogP contribution in [0.1, 0.15) is 31.8 Å². The molecule has 5 rings (SSSR count). The van der Waals surface area contributed by atoms with E-state index in [0.717, 1.165) is 16.8 Å². The van der Waals surface area contributed by atoms with E-state index in [0.29, 0.717) is 5.69 Å². The molecular weight excluding hydrogens is 428 g/mol. The molecule has 3 N–H and O–H groups in total. The molecule has 158 valence electrons. The Labute approximate surface area is 183 Å². The second kappa shape index (κ2) is 7.01. The van der Waals surface area contributed by atoms with Crippen molar-refractivity contribution in [3.05, 3.63) is 95.1 Å². The Morgan fingerprint density at radius 1 is 0.750 bits per heavy atom. The predicted molar refractivity (Wildman–Crippen MR) is 119 cm³/mol. The molecule has 0 unspecified atom stereocenters. The Morgan fingerprint density at radius 3 is 2.00 bits per heavy atom. The summed E-state index contributed by atoms with van der Waals surface area (Å²) in [6.07, 6.45) is 0. The lowest BCUT2D eigenvalue weighted by Gasteiger charge is -2.25. The first-order chi connectivity index (χ1) is 15.3. The third-order valence-electron chi connectivity index (χ3n) is 5.50. The van der Waals surface area contributed by atoms with Crippen LogP contribution in [0.15, 0.2) is 77.7 Å². The standard InChI is InChI=1S/C24H16N2O5S/c25-22-19(32(29,30)31)12-18(26-15-10-9-13-5-1-2-6-14(13)11-15)20-21(22)24(28)17-8-4-3-7-16(17)23(20)27/h1-12,26H,25H2,(H,29,30,31)/p-1. The molecule has 0 bridgehead atoms. The van der Waals surface area contributed by atoms with Gasteiger partial charge in [-0.05, 0) is 29.0 Å². The number of hydrogen-bond acceptors (Lipinski definition) is 7. The molecule has 0 radical (unpaired) electrons. The van der Waals surface area contributed by atoms with Crippen molar-refractivity contribution in [2.75, 3.05) is 11.1 Å². The number of carbonyl (C=O) groups excluding carboxylic acids is 2. The number of nitrogens with one attached hydrogen (secondary N) is 1. The highest BCUT2D eigenvalue weighted by Crippen LogP contribution is 2.40. The summed E-state index contributed by atoms with van der Waals surface area (Å²) in [5.74, 6) is -1.10. The summed E-state index contributed by atoms with van der Waals surface area (Å²) < 4.78 is 35.7. The Morgan fingerprint density at radius 2 is 1.34 bits per heavy atom. The van der Waals surface area contributed by atoms with E-state index in [9.17, 15) is 22.6 Å². The second-order valence-electron chi connectivity index (χ2n) is 7.43. The molecule has 1 aliphatic carbocycles. The van der Waals surface area contributed by atoms with Crippen molar-refractivity contribution >= 4 is 49.5 Å². The van der Waals surface area contributed by atoms with Crippen LogP contribution in [-0.2, 0) is 10.1 Å². The van der Waals surface area contributed by atoms with Crippen molar-refractivity contribution in [1.82, 2.24) is 0 Å². The minimum atomic E-state index is -5.01. The molecule has 0 heterocycles. The molecule has 1 aliphatic rings. The summed E-state index contributed by atoms with van der Waals surface area (Å²) in [6, 6.07) is 20.3. The molecule has 0 saturated heterocycles. The average molecular weight is 443 g/mol. The molecule has 0 fully saturated rings. The maximum Gasteiger partial charge on any atom is 0.196 e. The monoisotopic (exact) mass is 443 g/mol.